The number of aromatic nitrogens is 2. The van der Waals surface area contributed by atoms with Gasteiger partial charge in [0.2, 0.25) is 5.75 Å². The number of fused-ring (bicyclic) bond motifs is 4. The number of benzene rings is 2. The van der Waals surface area contributed by atoms with Crippen LogP contribution in [-0.2, 0) is 0 Å². The van der Waals surface area contributed by atoms with E-state index in [9.17, 15) is 9.90 Å². The first-order valence-electron chi connectivity index (χ1n) is 10.0. The van der Waals surface area contributed by atoms with Gasteiger partial charge in [-0.2, -0.15) is 0 Å². The van der Waals surface area contributed by atoms with Crippen molar-refractivity contribution in [1.82, 2.24) is 9.97 Å². The molecule has 9 heteroatoms. The van der Waals surface area contributed by atoms with Crippen LogP contribution in [0.5, 0.6) is 23.0 Å². The van der Waals surface area contributed by atoms with E-state index in [2.05, 4.69) is 9.97 Å². The number of carbonyl (C=O) groups excluding carboxylic acids is 1. The summed E-state index contributed by atoms with van der Waals surface area (Å²) in [7, 11) is 4.61. The van der Waals surface area contributed by atoms with Gasteiger partial charge in [-0.25, -0.2) is 0 Å². The molecular formula is C23H22ClN3O5. The monoisotopic (exact) mass is 455 g/mol. The fourth-order valence-corrected chi connectivity index (χ4v) is 4.86. The molecule has 4 aromatic rings. The molecule has 1 amide bonds. The lowest BCUT2D eigenvalue weighted by molar-refractivity contribution is 0.0984. The van der Waals surface area contributed by atoms with E-state index in [0.717, 1.165) is 16.3 Å². The van der Waals surface area contributed by atoms with Crippen molar-refractivity contribution in [1.29, 1.82) is 0 Å². The minimum absolute atomic E-state index is 0.0476. The van der Waals surface area contributed by atoms with Crippen LogP contribution in [0.3, 0.4) is 0 Å². The van der Waals surface area contributed by atoms with E-state index in [4.69, 9.17) is 25.8 Å². The van der Waals surface area contributed by atoms with Crippen LogP contribution in [0.15, 0.2) is 30.5 Å². The molecule has 0 radical (unpaired) electrons. The minimum atomic E-state index is -0.232. The SMILES string of the molecule is COc1cc2cc(C(=O)N3C[C@@H](CCl)c4c3cc(O)c3[nH]ccc43)[nH]c2c(OC)c1OC. The van der Waals surface area contributed by atoms with Gasteiger partial charge in [0.25, 0.3) is 5.91 Å². The number of nitrogens with zero attached hydrogens (tertiary/aromatic N) is 1. The summed E-state index contributed by atoms with van der Waals surface area (Å²) in [6.07, 6.45) is 1.77. The van der Waals surface area contributed by atoms with Crippen LogP contribution in [-0.4, -0.2) is 54.7 Å². The lowest BCUT2D eigenvalue weighted by atomic mass is 9.99. The molecule has 0 bridgehead atoms. The van der Waals surface area contributed by atoms with Crippen molar-refractivity contribution in [2.75, 3.05) is 38.7 Å². The zero-order chi connectivity index (χ0) is 22.6. The standard InChI is InChI=1S/C23H22ClN3O5/c1-30-17-7-11-6-14(26-19(11)22(32-3)21(17)31-2)23(29)27-10-12(9-24)18-13-4-5-25-20(13)16(28)8-15(18)27/h4-8,12,25-26,28H,9-10H2,1-3H3/t12-/m1/s1. The summed E-state index contributed by atoms with van der Waals surface area (Å²) in [5.74, 6) is 1.56. The van der Waals surface area contributed by atoms with Crippen LogP contribution in [0.1, 0.15) is 22.0 Å². The van der Waals surface area contributed by atoms with Crippen LogP contribution in [0.2, 0.25) is 0 Å². The van der Waals surface area contributed by atoms with Gasteiger partial charge in [0.05, 0.1) is 38.1 Å². The molecule has 32 heavy (non-hydrogen) atoms. The van der Waals surface area contributed by atoms with Crippen molar-refractivity contribution >= 4 is 45.0 Å². The summed E-state index contributed by atoms with van der Waals surface area (Å²) in [4.78, 5) is 21.5. The molecule has 0 spiro atoms. The van der Waals surface area contributed by atoms with Crippen molar-refractivity contribution < 1.29 is 24.1 Å². The molecule has 8 nitrogen and oxygen atoms in total. The van der Waals surface area contributed by atoms with Gasteiger partial charge >= 0.3 is 0 Å². The number of aromatic amines is 2. The van der Waals surface area contributed by atoms with Crippen molar-refractivity contribution in [2.24, 2.45) is 0 Å². The first kappa shape index (κ1) is 20.4. The Balaban J connectivity index is 1.63. The lowest BCUT2D eigenvalue weighted by Gasteiger charge is -2.17. The predicted octanol–water partition coefficient (Wildman–Crippen LogP) is 4.36. The Bertz CT molecular complexity index is 1360. The Morgan fingerprint density at radius 1 is 1.16 bits per heavy atom. The Morgan fingerprint density at radius 3 is 2.62 bits per heavy atom. The van der Waals surface area contributed by atoms with E-state index in [-0.39, 0.29) is 17.6 Å². The van der Waals surface area contributed by atoms with E-state index in [1.807, 2.05) is 6.07 Å². The van der Waals surface area contributed by atoms with E-state index in [0.29, 0.717) is 52.1 Å². The molecule has 3 N–H and O–H groups in total. The molecule has 2 aromatic heterocycles. The number of amides is 1. The fraction of sp³-hybridized carbons (Fsp3) is 0.261. The second-order valence-corrected chi connectivity index (χ2v) is 7.96. The van der Waals surface area contributed by atoms with E-state index in [1.165, 1.54) is 14.2 Å². The topological polar surface area (TPSA) is 99.8 Å². The lowest BCUT2D eigenvalue weighted by Crippen LogP contribution is -2.30. The van der Waals surface area contributed by atoms with Gasteiger partial charge in [0.1, 0.15) is 11.4 Å². The third-order valence-electron chi connectivity index (χ3n) is 6.03. The van der Waals surface area contributed by atoms with Crippen LogP contribution in [0, 0.1) is 0 Å². The first-order valence-corrected chi connectivity index (χ1v) is 10.6. The first-order chi connectivity index (χ1) is 15.5. The summed E-state index contributed by atoms with van der Waals surface area (Å²) in [5.41, 5.74) is 3.27. The summed E-state index contributed by atoms with van der Waals surface area (Å²) >= 11 is 6.27. The number of aromatic hydroxyl groups is 1. The van der Waals surface area contributed by atoms with E-state index >= 15 is 0 Å². The Morgan fingerprint density at radius 2 is 1.94 bits per heavy atom. The average Bonchev–Trinajstić information content (AvgIpc) is 3.53. The molecular weight excluding hydrogens is 434 g/mol. The normalized spacial score (nSPS) is 15.4. The largest absolute Gasteiger partial charge is 0.506 e. The number of H-pyrrole nitrogens is 2. The van der Waals surface area contributed by atoms with Gasteiger partial charge in [-0.3, -0.25) is 4.79 Å². The Labute approximate surface area is 188 Å². The number of halogens is 1. The number of carbonyl (C=O) groups is 1. The number of rotatable bonds is 5. The van der Waals surface area contributed by atoms with Crippen molar-refractivity contribution in [2.45, 2.75) is 5.92 Å². The van der Waals surface area contributed by atoms with Crippen LogP contribution in [0.25, 0.3) is 21.8 Å². The van der Waals surface area contributed by atoms with Gasteiger partial charge in [0.15, 0.2) is 11.5 Å². The third kappa shape index (κ3) is 2.79. The predicted molar refractivity (Wildman–Crippen MR) is 123 cm³/mol. The van der Waals surface area contributed by atoms with E-state index < -0.39 is 0 Å². The number of phenolic OH excluding ortho intramolecular Hbond substituents is 1. The molecule has 5 rings (SSSR count). The molecule has 2 aromatic carbocycles. The van der Waals surface area contributed by atoms with Crippen LogP contribution >= 0.6 is 11.6 Å². The number of ether oxygens (including phenoxy) is 3. The van der Waals surface area contributed by atoms with Crippen LogP contribution < -0.4 is 19.1 Å². The molecule has 0 aliphatic carbocycles. The highest BCUT2D eigenvalue weighted by Crippen LogP contribution is 2.46. The van der Waals surface area contributed by atoms with Gasteiger partial charge < -0.3 is 34.2 Å². The van der Waals surface area contributed by atoms with Gasteiger partial charge in [-0.05, 0) is 23.8 Å². The number of phenols is 1. The summed E-state index contributed by atoms with van der Waals surface area (Å²) in [6.45, 7) is 0.417. The highest BCUT2D eigenvalue weighted by atomic mass is 35.5. The molecule has 1 aliphatic heterocycles. The molecule has 0 unspecified atom stereocenters. The molecule has 166 valence electrons. The molecule has 1 aliphatic rings. The van der Waals surface area contributed by atoms with Gasteiger partial charge in [-0.15, -0.1) is 11.6 Å². The number of anilines is 1. The fourth-order valence-electron chi connectivity index (χ4n) is 4.61. The minimum Gasteiger partial charge on any atom is -0.506 e. The highest BCUT2D eigenvalue weighted by molar-refractivity contribution is 6.19. The summed E-state index contributed by atoms with van der Waals surface area (Å²) < 4.78 is 16.4. The maximum atomic E-state index is 13.6. The third-order valence-corrected chi connectivity index (χ3v) is 6.40. The van der Waals surface area contributed by atoms with Gasteiger partial charge in [0, 0.05) is 41.4 Å². The molecule has 0 saturated heterocycles. The molecule has 0 fully saturated rings. The van der Waals surface area contributed by atoms with E-state index in [1.54, 1.807) is 36.4 Å². The van der Waals surface area contributed by atoms with Gasteiger partial charge in [-0.1, -0.05) is 0 Å². The zero-order valence-corrected chi connectivity index (χ0v) is 18.5. The smallest absolute Gasteiger partial charge is 0.274 e. The van der Waals surface area contributed by atoms with Crippen molar-refractivity contribution in [3.8, 4) is 23.0 Å². The van der Waals surface area contributed by atoms with Crippen molar-refractivity contribution in [3.05, 3.63) is 41.7 Å². The molecule has 0 saturated carbocycles. The molecule has 3 heterocycles. The highest BCUT2D eigenvalue weighted by Gasteiger charge is 2.36. The number of hydrogen-bond donors (Lipinski definition) is 3. The summed E-state index contributed by atoms with van der Waals surface area (Å²) in [6, 6.07) is 7.06. The number of nitrogens with one attached hydrogen (secondary N) is 2. The number of hydrogen-bond acceptors (Lipinski definition) is 5. The quantitative estimate of drug-likeness (QED) is 0.388. The number of methoxy groups -OCH3 is 3. The maximum absolute atomic E-state index is 13.6. The van der Waals surface area contributed by atoms with Crippen molar-refractivity contribution in [3.63, 3.8) is 0 Å². The number of alkyl halides is 1. The maximum Gasteiger partial charge on any atom is 0.274 e. The zero-order valence-electron chi connectivity index (χ0n) is 17.8. The molecule has 1 atom stereocenters. The Kier molecular flexibility index (Phi) is 4.82. The average molecular weight is 456 g/mol. The second kappa shape index (κ2) is 7.56. The second-order valence-electron chi connectivity index (χ2n) is 7.65. The summed E-state index contributed by atoms with van der Waals surface area (Å²) in [5, 5.41) is 12.1. The Hall–Kier alpha value is -3.52. The van der Waals surface area contributed by atoms with Crippen LogP contribution in [0.4, 0.5) is 5.69 Å².